The van der Waals surface area contributed by atoms with E-state index in [1.54, 1.807) is 12.3 Å². The Bertz CT molecular complexity index is 1340. The molecule has 9 heteroatoms. The van der Waals surface area contributed by atoms with Gasteiger partial charge in [0.1, 0.15) is 11.6 Å². The quantitative estimate of drug-likeness (QED) is 0.212. The maximum Gasteiger partial charge on any atom is 0.253 e. The molecule has 0 atom stereocenters. The lowest BCUT2D eigenvalue weighted by atomic mass is 9.99. The lowest BCUT2D eigenvalue weighted by molar-refractivity contribution is 0.0956. The van der Waals surface area contributed by atoms with Crippen molar-refractivity contribution in [1.29, 1.82) is 0 Å². The van der Waals surface area contributed by atoms with Crippen LogP contribution in [0.3, 0.4) is 0 Å². The van der Waals surface area contributed by atoms with Gasteiger partial charge in [-0.1, -0.05) is 30.2 Å². The molecule has 0 spiro atoms. The number of aliphatic imine (C=N–C) groups is 1. The van der Waals surface area contributed by atoms with Crippen molar-refractivity contribution < 1.29 is 9.53 Å². The number of likely N-dealkylation sites (tertiary alicyclic amines) is 1. The van der Waals surface area contributed by atoms with E-state index in [0.29, 0.717) is 40.4 Å². The van der Waals surface area contributed by atoms with Crippen LogP contribution in [0.25, 0.3) is 0 Å². The third-order valence-electron chi connectivity index (χ3n) is 8.11. The van der Waals surface area contributed by atoms with Crippen LogP contribution in [0.5, 0.6) is 5.75 Å². The number of piperidine rings is 2. The molecule has 2 saturated heterocycles. The van der Waals surface area contributed by atoms with Crippen molar-refractivity contribution in [2.45, 2.75) is 78.9 Å². The van der Waals surface area contributed by atoms with Crippen LogP contribution in [0.2, 0.25) is 0 Å². The summed E-state index contributed by atoms with van der Waals surface area (Å²) in [7, 11) is 0. The zero-order chi connectivity index (χ0) is 31.5. The highest BCUT2D eigenvalue weighted by Gasteiger charge is 2.26. The van der Waals surface area contributed by atoms with Gasteiger partial charge in [0.05, 0.1) is 28.1 Å². The molecule has 2 fully saturated rings. The zero-order valence-electron chi connectivity index (χ0n) is 27.0. The van der Waals surface area contributed by atoms with Gasteiger partial charge in [0.15, 0.2) is 0 Å². The number of halogens is 1. The minimum absolute atomic E-state index is 0.0292. The number of carbonyl (C=O) groups excluding carboxylic acids is 1. The highest BCUT2D eigenvalue weighted by atomic mass is 35.5. The third-order valence-corrected chi connectivity index (χ3v) is 8.49. The minimum atomic E-state index is -0.138. The number of rotatable bonds is 12. The molecular formula is C35H49ClN6O2. The SMILES string of the molecule is CC=C(N=C/C(Cl)=C(\C)Nc1ccccc1C(=O)NCC)Nc1ccc(N2CCC(N3CCCCC3)CC2)cc1OC(C)C. The van der Waals surface area contributed by atoms with Crippen molar-refractivity contribution in [2.75, 3.05) is 48.3 Å². The second-order valence-corrected chi connectivity index (χ2v) is 12.1. The number of anilines is 3. The maximum atomic E-state index is 12.5. The van der Waals surface area contributed by atoms with E-state index in [1.165, 1.54) is 50.9 Å². The monoisotopic (exact) mass is 620 g/mol. The molecule has 3 N–H and O–H groups in total. The zero-order valence-corrected chi connectivity index (χ0v) is 27.7. The molecule has 238 valence electrons. The smallest absolute Gasteiger partial charge is 0.253 e. The van der Waals surface area contributed by atoms with Crippen molar-refractivity contribution in [1.82, 2.24) is 10.2 Å². The van der Waals surface area contributed by atoms with Gasteiger partial charge in [-0.2, -0.15) is 0 Å². The molecule has 2 aromatic carbocycles. The standard InChI is InChI=1S/C35H49ClN6O2/c1-6-34(38-24-30(36)26(5)39-31-14-10-9-13-29(31)35(43)37-7-2)40-32-16-15-28(23-33(32)44-25(3)4)42-21-17-27(18-22-42)41-19-11-8-12-20-41/h6,9-10,13-16,23-25,27,39-40H,7-8,11-12,17-22H2,1-5H3,(H,37,43)/b30-26-,34-6?,38-24?. The fraction of sp³-hybridized carbons (Fsp3) is 0.486. The molecule has 2 aliphatic rings. The lowest BCUT2D eigenvalue weighted by Crippen LogP contribution is -2.46. The number of hydrogen-bond donors (Lipinski definition) is 3. The average Bonchev–Trinajstić information content (AvgIpc) is 3.04. The molecule has 0 radical (unpaired) electrons. The molecule has 0 aliphatic carbocycles. The van der Waals surface area contributed by atoms with Crippen LogP contribution >= 0.6 is 11.6 Å². The predicted molar refractivity (Wildman–Crippen MR) is 185 cm³/mol. The third kappa shape index (κ3) is 9.26. The first-order valence-corrected chi connectivity index (χ1v) is 16.4. The number of carbonyl (C=O) groups is 1. The molecule has 1 amide bonds. The van der Waals surface area contributed by atoms with Gasteiger partial charge >= 0.3 is 0 Å². The molecule has 2 aromatic rings. The number of allylic oxidation sites excluding steroid dienone is 3. The Morgan fingerprint density at radius 3 is 2.45 bits per heavy atom. The number of para-hydroxylation sites is 1. The largest absolute Gasteiger partial charge is 0.489 e. The first-order valence-electron chi connectivity index (χ1n) is 16.1. The fourth-order valence-electron chi connectivity index (χ4n) is 5.78. The first-order chi connectivity index (χ1) is 21.3. The van der Waals surface area contributed by atoms with Crippen LogP contribution in [0.15, 0.2) is 70.1 Å². The number of amides is 1. The molecule has 44 heavy (non-hydrogen) atoms. The predicted octanol–water partition coefficient (Wildman–Crippen LogP) is 7.60. The summed E-state index contributed by atoms with van der Waals surface area (Å²) >= 11 is 6.62. The van der Waals surface area contributed by atoms with Gasteiger partial charge in [0.25, 0.3) is 5.91 Å². The highest BCUT2D eigenvalue weighted by molar-refractivity contribution is 6.39. The van der Waals surface area contributed by atoms with E-state index in [9.17, 15) is 4.79 Å². The molecular weight excluding hydrogens is 572 g/mol. The number of nitrogens with one attached hydrogen (secondary N) is 3. The van der Waals surface area contributed by atoms with Crippen LogP contribution in [-0.2, 0) is 0 Å². The summed E-state index contributed by atoms with van der Waals surface area (Å²) in [5, 5.41) is 9.95. The lowest BCUT2D eigenvalue weighted by Gasteiger charge is -2.41. The summed E-state index contributed by atoms with van der Waals surface area (Å²) < 4.78 is 6.26. The summed E-state index contributed by atoms with van der Waals surface area (Å²) in [4.78, 5) is 22.3. The molecule has 8 nitrogen and oxygen atoms in total. The van der Waals surface area contributed by atoms with Crippen LogP contribution in [-0.4, -0.2) is 61.9 Å². The maximum absolute atomic E-state index is 12.5. The van der Waals surface area contributed by atoms with Gasteiger partial charge in [-0.25, -0.2) is 4.99 Å². The Morgan fingerprint density at radius 2 is 1.77 bits per heavy atom. The van der Waals surface area contributed by atoms with E-state index in [2.05, 4.69) is 48.9 Å². The van der Waals surface area contributed by atoms with Gasteiger partial charge in [-0.15, -0.1) is 0 Å². The van der Waals surface area contributed by atoms with E-state index in [0.717, 1.165) is 24.5 Å². The highest BCUT2D eigenvalue weighted by Crippen LogP contribution is 2.34. The Morgan fingerprint density at radius 1 is 1.05 bits per heavy atom. The van der Waals surface area contributed by atoms with Crippen LogP contribution < -0.4 is 25.6 Å². The van der Waals surface area contributed by atoms with Crippen LogP contribution in [0.4, 0.5) is 17.1 Å². The number of nitrogens with zero attached hydrogens (tertiary/aromatic N) is 3. The summed E-state index contributed by atoms with van der Waals surface area (Å²) in [5.74, 6) is 1.30. The summed E-state index contributed by atoms with van der Waals surface area (Å²) in [6, 6.07) is 14.4. The summed E-state index contributed by atoms with van der Waals surface area (Å²) in [5.41, 5.74) is 3.95. The molecule has 0 saturated carbocycles. The van der Waals surface area contributed by atoms with Crippen molar-refractivity contribution >= 4 is 40.8 Å². The Labute approximate surface area is 268 Å². The van der Waals surface area contributed by atoms with Crippen molar-refractivity contribution in [3.05, 3.63) is 70.7 Å². The molecule has 2 aliphatic heterocycles. The molecule has 4 rings (SSSR count). The van der Waals surface area contributed by atoms with Gasteiger partial charge in [0, 0.05) is 49.3 Å². The fourth-order valence-corrected chi connectivity index (χ4v) is 5.88. The first kappa shape index (κ1) is 33.4. The molecule has 0 bridgehead atoms. The van der Waals surface area contributed by atoms with E-state index in [-0.39, 0.29) is 12.0 Å². The van der Waals surface area contributed by atoms with Gasteiger partial charge < -0.3 is 30.5 Å². The Balaban J connectivity index is 1.43. The number of hydrogen-bond acceptors (Lipinski definition) is 7. The summed E-state index contributed by atoms with van der Waals surface area (Å²) in [6.07, 6.45) is 10.0. The Hall–Kier alpha value is -3.49. The van der Waals surface area contributed by atoms with E-state index < -0.39 is 0 Å². The second kappa shape index (κ2) is 16.5. The van der Waals surface area contributed by atoms with E-state index >= 15 is 0 Å². The number of benzene rings is 2. The van der Waals surface area contributed by atoms with E-state index in [4.69, 9.17) is 16.3 Å². The van der Waals surface area contributed by atoms with Gasteiger partial charge in [-0.3, -0.25) is 4.79 Å². The number of ether oxygens (including phenoxy) is 1. The van der Waals surface area contributed by atoms with Crippen molar-refractivity contribution in [3.8, 4) is 5.75 Å². The van der Waals surface area contributed by atoms with Crippen LogP contribution in [0, 0.1) is 0 Å². The van der Waals surface area contributed by atoms with Gasteiger partial charge in [0.2, 0.25) is 0 Å². The van der Waals surface area contributed by atoms with Crippen LogP contribution in [0.1, 0.15) is 77.1 Å². The average molecular weight is 621 g/mol. The topological polar surface area (TPSA) is 81.2 Å². The van der Waals surface area contributed by atoms with E-state index in [1.807, 2.05) is 58.9 Å². The molecule has 2 heterocycles. The van der Waals surface area contributed by atoms with Crippen molar-refractivity contribution in [2.24, 2.45) is 4.99 Å². The van der Waals surface area contributed by atoms with Crippen molar-refractivity contribution in [3.63, 3.8) is 0 Å². The second-order valence-electron chi connectivity index (χ2n) is 11.7. The van der Waals surface area contributed by atoms with Gasteiger partial charge in [-0.05, 0) is 104 Å². The molecule has 0 aromatic heterocycles. The summed E-state index contributed by atoms with van der Waals surface area (Å²) in [6.45, 7) is 15.0. The normalized spacial score (nSPS) is 17.5. The minimum Gasteiger partial charge on any atom is -0.489 e. The Kier molecular flexibility index (Phi) is 12.6. The molecule has 0 unspecified atom stereocenters.